The van der Waals surface area contributed by atoms with Crippen molar-refractivity contribution in [2.75, 3.05) is 57.0 Å². The largest absolute Gasteiger partial charge is 0.378 e. The van der Waals surface area contributed by atoms with Crippen molar-refractivity contribution >= 4 is 28.4 Å². The van der Waals surface area contributed by atoms with Crippen LogP contribution in [0.5, 0.6) is 0 Å². The molecule has 4 heteroatoms. The van der Waals surface area contributed by atoms with Gasteiger partial charge in [-0.25, -0.2) is 0 Å². The van der Waals surface area contributed by atoms with E-state index in [1.54, 1.807) is 0 Å². The molecule has 1 saturated carbocycles. The zero-order chi connectivity index (χ0) is 26.5. The highest BCUT2D eigenvalue weighted by atomic mass is 16.1. The molecule has 37 heavy (non-hydrogen) atoms. The summed E-state index contributed by atoms with van der Waals surface area (Å²) in [4.78, 5) is 19.6. The van der Waals surface area contributed by atoms with Crippen LogP contribution in [0.2, 0.25) is 0 Å². The van der Waals surface area contributed by atoms with Crippen LogP contribution < -0.4 is 14.7 Å². The molecule has 1 fully saturated rings. The number of nitrogens with zero attached hydrogens (tertiary/aromatic N) is 3. The lowest BCUT2D eigenvalue weighted by molar-refractivity contribution is -0.124. The molecule has 194 valence electrons. The fraction of sp³-hybridized carbons (Fsp3) is 0.364. The number of carbonyl (C=O) groups excluding carboxylic acids is 1. The maximum Gasteiger partial charge on any atom is 0.136 e. The molecule has 0 saturated heterocycles. The Bertz CT molecular complexity index is 1150. The van der Waals surface area contributed by atoms with Gasteiger partial charge in [-0.3, -0.25) is 4.79 Å². The van der Waals surface area contributed by atoms with Gasteiger partial charge in [0.2, 0.25) is 0 Å². The second kappa shape index (κ2) is 11.7. The molecule has 0 heterocycles. The summed E-state index contributed by atoms with van der Waals surface area (Å²) in [6.07, 6.45) is 6.13. The molecule has 1 aliphatic carbocycles. The van der Waals surface area contributed by atoms with Crippen LogP contribution in [0.25, 0.3) is 5.57 Å². The predicted molar refractivity (Wildman–Crippen MR) is 159 cm³/mol. The standard InChI is InChI=1S/C33H41N3O/c1-34(2)27-17-11-24(12-18-27)31(25-13-19-28(20-14-25)35(3)4)23-32(30-9-7-8-10-33(30)37)26-15-21-29(22-16-26)36(5)6/h11-23,30,32H,7-10H2,1-6H3. The highest BCUT2D eigenvalue weighted by Crippen LogP contribution is 2.39. The van der Waals surface area contributed by atoms with Gasteiger partial charge in [0.25, 0.3) is 0 Å². The normalized spacial score (nSPS) is 16.2. The molecule has 0 N–H and O–H groups in total. The number of hydrogen-bond donors (Lipinski definition) is 0. The molecule has 2 unspecified atom stereocenters. The maximum absolute atomic E-state index is 13.2. The Morgan fingerprint density at radius 3 is 1.51 bits per heavy atom. The first kappa shape index (κ1) is 26.5. The molecular formula is C33H41N3O. The topological polar surface area (TPSA) is 26.8 Å². The molecule has 0 bridgehead atoms. The van der Waals surface area contributed by atoms with E-state index < -0.39 is 0 Å². The molecule has 0 spiro atoms. The molecule has 4 rings (SSSR count). The zero-order valence-corrected chi connectivity index (χ0v) is 23.2. The van der Waals surface area contributed by atoms with Gasteiger partial charge in [-0.1, -0.05) is 48.9 Å². The van der Waals surface area contributed by atoms with E-state index in [-0.39, 0.29) is 11.8 Å². The molecule has 4 nitrogen and oxygen atoms in total. The van der Waals surface area contributed by atoms with E-state index in [0.29, 0.717) is 12.2 Å². The fourth-order valence-electron chi connectivity index (χ4n) is 5.25. The van der Waals surface area contributed by atoms with Gasteiger partial charge in [0, 0.05) is 77.6 Å². The fourth-order valence-corrected chi connectivity index (χ4v) is 5.25. The maximum atomic E-state index is 13.2. The number of allylic oxidation sites excluding steroid dienone is 1. The number of Topliss-reactive ketones (excluding diaryl/α,β-unsaturated/α-hetero) is 1. The predicted octanol–water partition coefficient (Wildman–Crippen LogP) is 6.86. The summed E-state index contributed by atoms with van der Waals surface area (Å²) in [6.45, 7) is 0. The van der Waals surface area contributed by atoms with E-state index in [4.69, 9.17) is 0 Å². The van der Waals surface area contributed by atoms with Crippen LogP contribution in [-0.4, -0.2) is 48.1 Å². The van der Waals surface area contributed by atoms with Gasteiger partial charge in [-0.15, -0.1) is 0 Å². The zero-order valence-electron chi connectivity index (χ0n) is 23.2. The van der Waals surface area contributed by atoms with Crippen molar-refractivity contribution in [3.63, 3.8) is 0 Å². The van der Waals surface area contributed by atoms with E-state index in [9.17, 15) is 4.79 Å². The molecule has 3 aromatic rings. The number of benzene rings is 3. The molecule has 3 aromatic carbocycles. The van der Waals surface area contributed by atoms with Gasteiger partial charge in [0.1, 0.15) is 5.78 Å². The van der Waals surface area contributed by atoms with Crippen LogP contribution in [0.1, 0.15) is 48.3 Å². The van der Waals surface area contributed by atoms with Gasteiger partial charge in [0.05, 0.1) is 0 Å². The smallest absolute Gasteiger partial charge is 0.136 e. The first-order valence-corrected chi connectivity index (χ1v) is 13.3. The second-order valence-corrected chi connectivity index (χ2v) is 10.8. The number of ketones is 1. The van der Waals surface area contributed by atoms with E-state index in [2.05, 4.69) is 136 Å². The molecular weight excluding hydrogens is 454 g/mol. The quantitative estimate of drug-likeness (QED) is 0.341. The monoisotopic (exact) mass is 495 g/mol. The van der Waals surface area contributed by atoms with Gasteiger partial charge >= 0.3 is 0 Å². The van der Waals surface area contributed by atoms with Crippen molar-refractivity contribution < 1.29 is 4.79 Å². The Labute approximate surface area is 223 Å². The minimum absolute atomic E-state index is 0.0102. The SMILES string of the molecule is CN(C)c1ccc(C(=CC(c2ccc(N(C)C)cc2)C2CCCCC2=O)c2ccc(N(C)C)cc2)cc1. The Morgan fingerprint density at radius 1 is 0.676 bits per heavy atom. The molecule has 0 aliphatic heterocycles. The Morgan fingerprint density at radius 2 is 1.11 bits per heavy atom. The molecule has 2 atom stereocenters. The van der Waals surface area contributed by atoms with E-state index >= 15 is 0 Å². The molecule has 0 amide bonds. The van der Waals surface area contributed by atoms with Crippen LogP contribution >= 0.6 is 0 Å². The molecule has 0 aromatic heterocycles. The van der Waals surface area contributed by atoms with Crippen molar-refractivity contribution in [1.29, 1.82) is 0 Å². The van der Waals surface area contributed by atoms with Crippen molar-refractivity contribution in [1.82, 2.24) is 0 Å². The van der Waals surface area contributed by atoms with Crippen LogP contribution in [0, 0.1) is 5.92 Å². The summed E-state index contributed by atoms with van der Waals surface area (Å²) in [5.74, 6) is 0.437. The average Bonchev–Trinajstić information content (AvgIpc) is 2.90. The number of rotatable bonds is 8. The molecule has 0 radical (unpaired) electrons. The lowest BCUT2D eigenvalue weighted by atomic mass is 9.74. The van der Waals surface area contributed by atoms with Crippen LogP contribution in [0.15, 0.2) is 78.9 Å². The summed E-state index contributed by atoms with van der Waals surface area (Å²) in [6, 6.07) is 26.3. The van der Waals surface area contributed by atoms with E-state index in [1.807, 2.05) is 0 Å². The third-order valence-electron chi connectivity index (χ3n) is 7.57. The van der Waals surface area contributed by atoms with Crippen molar-refractivity contribution in [2.24, 2.45) is 5.92 Å². The van der Waals surface area contributed by atoms with Gasteiger partial charge in [-0.05, 0) is 71.5 Å². The lowest BCUT2D eigenvalue weighted by Crippen LogP contribution is -2.25. The van der Waals surface area contributed by atoms with E-state index in [1.165, 1.54) is 39.3 Å². The van der Waals surface area contributed by atoms with Crippen molar-refractivity contribution in [2.45, 2.75) is 31.6 Å². The van der Waals surface area contributed by atoms with Crippen molar-refractivity contribution in [3.8, 4) is 0 Å². The summed E-state index contributed by atoms with van der Waals surface area (Å²) in [5.41, 5.74) is 8.23. The first-order chi connectivity index (χ1) is 17.7. The Hall–Kier alpha value is -3.53. The van der Waals surface area contributed by atoms with Crippen molar-refractivity contribution in [3.05, 3.63) is 95.6 Å². The van der Waals surface area contributed by atoms with Crippen LogP contribution in [0.3, 0.4) is 0 Å². The summed E-state index contributed by atoms with van der Waals surface area (Å²) in [7, 11) is 12.4. The minimum Gasteiger partial charge on any atom is -0.378 e. The lowest BCUT2D eigenvalue weighted by Gasteiger charge is -2.29. The summed E-state index contributed by atoms with van der Waals surface area (Å²) in [5, 5.41) is 0. The third kappa shape index (κ3) is 6.25. The molecule has 1 aliphatic rings. The van der Waals surface area contributed by atoms with Gasteiger partial charge in [-0.2, -0.15) is 0 Å². The highest BCUT2D eigenvalue weighted by Gasteiger charge is 2.31. The van der Waals surface area contributed by atoms with E-state index in [0.717, 1.165) is 19.3 Å². The Balaban J connectivity index is 1.86. The highest BCUT2D eigenvalue weighted by molar-refractivity contribution is 5.86. The average molecular weight is 496 g/mol. The number of anilines is 3. The third-order valence-corrected chi connectivity index (χ3v) is 7.57. The van der Waals surface area contributed by atoms with Crippen LogP contribution in [-0.2, 0) is 4.79 Å². The first-order valence-electron chi connectivity index (χ1n) is 13.3. The number of hydrogen-bond acceptors (Lipinski definition) is 4. The van der Waals surface area contributed by atoms with Gasteiger partial charge in [0.15, 0.2) is 0 Å². The summed E-state index contributed by atoms with van der Waals surface area (Å²) < 4.78 is 0. The minimum atomic E-state index is 0.0102. The van der Waals surface area contributed by atoms with Crippen LogP contribution in [0.4, 0.5) is 17.1 Å². The summed E-state index contributed by atoms with van der Waals surface area (Å²) >= 11 is 0. The second-order valence-electron chi connectivity index (χ2n) is 10.8. The van der Waals surface area contributed by atoms with Gasteiger partial charge < -0.3 is 14.7 Å². The number of carbonyl (C=O) groups is 1. The Kier molecular flexibility index (Phi) is 8.38.